The van der Waals surface area contributed by atoms with Crippen LogP contribution in [0.15, 0.2) is 0 Å². The Hall–Kier alpha value is 0.0200. The molecule has 0 aromatic carbocycles. The van der Waals surface area contributed by atoms with Crippen LogP contribution in [0.25, 0.3) is 0 Å². The highest BCUT2D eigenvalue weighted by Gasteiger charge is 2.24. The van der Waals surface area contributed by atoms with Gasteiger partial charge in [-0.25, -0.2) is 0 Å². The summed E-state index contributed by atoms with van der Waals surface area (Å²) in [4.78, 5) is 10.7. The molecule has 9 heavy (non-hydrogen) atoms. The Kier molecular flexibility index (Phi) is 2.17. The maximum absolute atomic E-state index is 10.7. The van der Waals surface area contributed by atoms with Crippen molar-refractivity contribution in [1.29, 1.82) is 0 Å². The number of ketones is 1. The number of hydrogen-bond donors (Lipinski definition) is 0. The van der Waals surface area contributed by atoms with Gasteiger partial charge in [0.25, 0.3) is 0 Å². The number of Topliss-reactive ketones (excluding diaryl/α,β-unsaturated/α-hetero) is 1. The lowest BCUT2D eigenvalue weighted by Crippen LogP contribution is -2.07. The Labute approximate surface area is 60.2 Å². The highest BCUT2D eigenvalue weighted by Crippen LogP contribution is 2.29. The Morgan fingerprint density at radius 2 is 2.33 bits per heavy atom. The summed E-state index contributed by atoms with van der Waals surface area (Å²) in [5, 5.41) is 0.609. The van der Waals surface area contributed by atoms with Crippen molar-refractivity contribution in [3.63, 3.8) is 0 Å². The van der Waals surface area contributed by atoms with E-state index in [1.165, 1.54) is 0 Å². The van der Waals surface area contributed by atoms with Gasteiger partial charge in [-0.2, -0.15) is 0 Å². The van der Waals surface area contributed by atoms with E-state index in [4.69, 9.17) is 0 Å². The highest BCUT2D eigenvalue weighted by molar-refractivity contribution is 8.01. The maximum atomic E-state index is 10.7. The summed E-state index contributed by atoms with van der Waals surface area (Å²) in [6.45, 7) is 4.35. The van der Waals surface area contributed by atoms with E-state index in [1.54, 1.807) is 0 Å². The molecule has 2 heteroatoms. The van der Waals surface area contributed by atoms with Crippen LogP contribution in [0.3, 0.4) is 0 Å². The van der Waals surface area contributed by atoms with E-state index < -0.39 is 0 Å². The lowest BCUT2D eigenvalue weighted by molar-refractivity contribution is -0.116. The standard InChI is InChI=1S/C7H12OS/c1-5(2)7-3-6(8)4-9-7/h5,7H,3-4H2,1-2H3. The molecule has 1 rings (SSSR count). The minimum Gasteiger partial charge on any atom is -0.299 e. The summed E-state index contributed by atoms with van der Waals surface area (Å²) in [5.41, 5.74) is 0. The van der Waals surface area contributed by atoms with E-state index in [9.17, 15) is 4.79 Å². The van der Waals surface area contributed by atoms with Gasteiger partial charge in [0, 0.05) is 11.7 Å². The molecule has 0 spiro atoms. The largest absolute Gasteiger partial charge is 0.299 e. The second kappa shape index (κ2) is 2.74. The first-order chi connectivity index (χ1) is 4.20. The van der Waals surface area contributed by atoms with Crippen molar-refractivity contribution in [2.45, 2.75) is 25.5 Å². The van der Waals surface area contributed by atoms with Gasteiger partial charge in [-0.15, -0.1) is 11.8 Å². The lowest BCUT2D eigenvalue weighted by atomic mass is 10.1. The number of carbonyl (C=O) groups excluding carboxylic acids is 1. The molecule has 0 N–H and O–H groups in total. The van der Waals surface area contributed by atoms with Crippen LogP contribution >= 0.6 is 11.8 Å². The lowest BCUT2D eigenvalue weighted by Gasteiger charge is -2.09. The highest BCUT2D eigenvalue weighted by atomic mass is 32.2. The van der Waals surface area contributed by atoms with Crippen molar-refractivity contribution in [1.82, 2.24) is 0 Å². The Bertz CT molecular complexity index is 120. The molecule has 0 aromatic rings. The van der Waals surface area contributed by atoms with Gasteiger partial charge in [0.05, 0.1) is 5.75 Å². The van der Waals surface area contributed by atoms with Gasteiger partial charge in [0.2, 0.25) is 0 Å². The predicted octanol–water partition coefficient (Wildman–Crippen LogP) is 1.72. The molecule has 1 nitrogen and oxygen atoms in total. The van der Waals surface area contributed by atoms with Crippen molar-refractivity contribution in [3.8, 4) is 0 Å². The zero-order valence-electron chi connectivity index (χ0n) is 5.89. The zero-order valence-corrected chi connectivity index (χ0v) is 6.70. The average molecular weight is 144 g/mol. The summed E-state index contributed by atoms with van der Waals surface area (Å²) in [6, 6.07) is 0. The van der Waals surface area contributed by atoms with Gasteiger partial charge in [0.15, 0.2) is 0 Å². The number of hydrogen-bond acceptors (Lipinski definition) is 2. The van der Waals surface area contributed by atoms with Gasteiger partial charge < -0.3 is 0 Å². The van der Waals surface area contributed by atoms with E-state index in [-0.39, 0.29) is 0 Å². The molecule has 0 bridgehead atoms. The Morgan fingerprint density at radius 1 is 1.67 bits per heavy atom. The van der Waals surface area contributed by atoms with Crippen LogP contribution in [0.1, 0.15) is 20.3 Å². The molecule has 1 fully saturated rings. The first-order valence-corrected chi connectivity index (χ1v) is 4.38. The summed E-state index contributed by atoms with van der Waals surface area (Å²) in [7, 11) is 0. The van der Waals surface area contributed by atoms with Crippen LogP contribution in [-0.2, 0) is 4.79 Å². The SMILES string of the molecule is CC(C)C1CC(=O)CS1. The summed E-state index contributed by atoms with van der Waals surface area (Å²) >= 11 is 1.81. The van der Waals surface area contributed by atoms with Crippen LogP contribution in [-0.4, -0.2) is 16.8 Å². The molecule has 1 unspecified atom stereocenters. The molecule has 0 radical (unpaired) electrons. The maximum Gasteiger partial charge on any atom is 0.143 e. The average Bonchev–Trinajstić information content (AvgIpc) is 2.14. The van der Waals surface area contributed by atoms with Crippen molar-refractivity contribution in [2.75, 3.05) is 5.75 Å². The Morgan fingerprint density at radius 3 is 2.56 bits per heavy atom. The minimum atomic E-state index is 0.429. The molecule has 0 aliphatic carbocycles. The summed E-state index contributed by atoms with van der Waals surface area (Å²) < 4.78 is 0. The van der Waals surface area contributed by atoms with E-state index in [1.807, 2.05) is 11.8 Å². The topological polar surface area (TPSA) is 17.1 Å². The molecule has 1 aliphatic heterocycles. The van der Waals surface area contributed by atoms with Gasteiger partial charge in [0.1, 0.15) is 5.78 Å². The first-order valence-electron chi connectivity index (χ1n) is 3.33. The predicted molar refractivity (Wildman–Crippen MR) is 40.7 cm³/mol. The Balaban J connectivity index is 2.39. The van der Waals surface area contributed by atoms with E-state index >= 15 is 0 Å². The third-order valence-electron chi connectivity index (χ3n) is 1.63. The normalized spacial score (nSPS) is 27.9. The third kappa shape index (κ3) is 1.71. The molecule has 52 valence electrons. The number of carbonyl (C=O) groups is 1. The molecule has 0 saturated carbocycles. The molecule has 1 atom stereocenters. The van der Waals surface area contributed by atoms with E-state index in [2.05, 4.69) is 13.8 Å². The van der Waals surface area contributed by atoms with Crippen LogP contribution in [0.2, 0.25) is 0 Å². The molecular formula is C7H12OS. The van der Waals surface area contributed by atoms with Crippen molar-refractivity contribution < 1.29 is 4.79 Å². The van der Waals surface area contributed by atoms with Gasteiger partial charge in [-0.3, -0.25) is 4.79 Å². The quantitative estimate of drug-likeness (QED) is 0.557. The second-order valence-electron chi connectivity index (χ2n) is 2.84. The van der Waals surface area contributed by atoms with E-state index in [0.717, 1.165) is 12.2 Å². The van der Waals surface area contributed by atoms with Gasteiger partial charge >= 0.3 is 0 Å². The molecule has 1 aliphatic rings. The minimum absolute atomic E-state index is 0.429. The fraction of sp³-hybridized carbons (Fsp3) is 0.857. The number of rotatable bonds is 1. The fourth-order valence-electron chi connectivity index (χ4n) is 0.970. The smallest absolute Gasteiger partial charge is 0.143 e. The molecular weight excluding hydrogens is 132 g/mol. The van der Waals surface area contributed by atoms with Crippen molar-refractivity contribution in [2.24, 2.45) is 5.92 Å². The molecule has 1 heterocycles. The third-order valence-corrected chi connectivity index (χ3v) is 3.26. The second-order valence-corrected chi connectivity index (χ2v) is 4.06. The van der Waals surface area contributed by atoms with Crippen LogP contribution in [0.4, 0.5) is 0 Å². The number of thioether (sulfide) groups is 1. The van der Waals surface area contributed by atoms with Gasteiger partial charge in [-0.05, 0) is 5.92 Å². The summed E-state index contributed by atoms with van der Waals surface area (Å²) in [6.07, 6.45) is 0.808. The van der Waals surface area contributed by atoms with Crippen LogP contribution in [0.5, 0.6) is 0 Å². The molecule has 0 amide bonds. The van der Waals surface area contributed by atoms with Crippen LogP contribution < -0.4 is 0 Å². The van der Waals surface area contributed by atoms with Gasteiger partial charge in [-0.1, -0.05) is 13.8 Å². The molecule has 0 aromatic heterocycles. The van der Waals surface area contributed by atoms with E-state index in [0.29, 0.717) is 17.0 Å². The fourth-order valence-corrected chi connectivity index (χ4v) is 2.18. The zero-order chi connectivity index (χ0) is 6.85. The molecule has 1 saturated heterocycles. The van der Waals surface area contributed by atoms with Crippen LogP contribution in [0, 0.1) is 5.92 Å². The first kappa shape index (κ1) is 7.13. The van der Waals surface area contributed by atoms with Crippen molar-refractivity contribution in [3.05, 3.63) is 0 Å². The summed E-state index contributed by atoms with van der Waals surface area (Å²) in [5.74, 6) is 1.85. The van der Waals surface area contributed by atoms with Crippen molar-refractivity contribution >= 4 is 17.5 Å². The monoisotopic (exact) mass is 144 g/mol.